The maximum atomic E-state index is 13.5. The number of aromatic amines is 1. The number of H-pyrrole nitrogens is 1. The summed E-state index contributed by atoms with van der Waals surface area (Å²) in [5, 5.41) is 7.68. The van der Waals surface area contributed by atoms with Gasteiger partial charge >= 0.3 is 12.4 Å². The maximum absolute atomic E-state index is 13.5. The van der Waals surface area contributed by atoms with Crippen molar-refractivity contribution in [3.05, 3.63) is 39.9 Å². The molecule has 2 aliphatic heterocycles. The Bertz CT molecular complexity index is 1400. The summed E-state index contributed by atoms with van der Waals surface area (Å²) in [6, 6.07) is -0.566. The summed E-state index contributed by atoms with van der Waals surface area (Å²) in [5.74, 6) is -0.553. The van der Waals surface area contributed by atoms with Crippen molar-refractivity contribution in [1.29, 1.82) is 0 Å². The van der Waals surface area contributed by atoms with Gasteiger partial charge in [-0.2, -0.15) is 31.4 Å². The quantitative estimate of drug-likeness (QED) is 0.324. The van der Waals surface area contributed by atoms with Crippen LogP contribution in [0.2, 0.25) is 0 Å². The van der Waals surface area contributed by atoms with E-state index in [4.69, 9.17) is 4.74 Å². The summed E-state index contributed by atoms with van der Waals surface area (Å²) in [4.78, 5) is 46.5. The molecule has 17 heteroatoms. The third-order valence-electron chi connectivity index (χ3n) is 6.94. The molecule has 236 valence electrons. The van der Waals surface area contributed by atoms with Crippen molar-refractivity contribution in [2.45, 2.75) is 51.6 Å². The minimum Gasteiger partial charge on any atom is -0.379 e. The van der Waals surface area contributed by atoms with E-state index < -0.39 is 52.7 Å². The highest BCUT2D eigenvalue weighted by Crippen LogP contribution is 2.40. The topological polar surface area (TPSA) is 124 Å². The van der Waals surface area contributed by atoms with Gasteiger partial charge in [0.2, 0.25) is 5.91 Å². The average Bonchev–Trinajstić information content (AvgIpc) is 2.91. The van der Waals surface area contributed by atoms with E-state index in [1.54, 1.807) is 10.00 Å². The summed E-state index contributed by atoms with van der Waals surface area (Å²) in [6.45, 7) is 5.60. The van der Waals surface area contributed by atoms with Gasteiger partial charge in [-0.05, 0) is 18.9 Å². The first-order chi connectivity index (χ1) is 20.1. The zero-order valence-electron chi connectivity index (χ0n) is 23.6. The number of alkyl halides is 6. The Kier molecular flexibility index (Phi) is 9.22. The zero-order chi connectivity index (χ0) is 31.7. The van der Waals surface area contributed by atoms with Gasteiger partial charge in [0.05, 0.1) is 49.3 Å². The molecule has 2 aromatic heterocycles. The highest BCUT2D eigenvalue weighted by molar-refractivity contribution is 6.05. The van der Waals surface area contributed by atoms with E-state index in [9.17, 15) is 40.7 Å². The molecular formula is C26H31F6N7O4. The zero-order valence-corrected chi connectivity index (χ0v) is 23.6. The third kappa shape index (κ3) is 7.19. The number of piperazine rings is 1. The van der Waals surface area contributed by atoms with Crippen molar-refractivity contribution in [3.63, 3.8) is 0 Å². The summed E-state index contributed by atoms with van der Waals surface area (Å²) < 4.78 is 85.4. The van der Waals surface area contributed by atoms with Gasteiger partial charge in [-0.1, -0.05) is 13.8 Å². The number of anilines is 3. The predicted octanol–water partition coefficient (Wildman–Crippen LogP) is 3.13. The van der Waals surface area contributed by atoms with Crippen molar-refractivity contribution in [3.8, 4) is 0 Å². The van der Waals surface area contributed by atoms with E-state index in [0.717, 1.165) is 18.5 Å². The van der Waals surface area contributed by atoms with Crippen LogP contribution in [0.15, 0.2) is 23.3 Å². The van der Waals surface area contributed by atoms with Crippen LogP contribution in [0.1, 0.15) is 38.3 Å². The number of carbonyl (C=O) groups excluding carboxylic acids is 2. The Hall–Kier alpha value is -3.89. The molecule has 0 unspecified atom stereocenters. The standard InChI is InChI=1S/C26H31F6N7O4/c1-14(2)11-39-18-8-16(25(27,28)29)9-33-22(18)38-6-5-37(12-19(38)24(39)42)20(40)4-7-43-13-15(3)35-17-10-34-36-23(41)21(17)26(30,31)32/h8-10,14-15,19H,4-7,11-13H2,1-3H3,(H2,35,36,41)/t15-,19-/m0/s1. The van der Waals surface area contributed by atoms with Crippen LogP contribution in [-0.4, -0.2) is 83.4 Å². The molecule has 0 aromatic carbocycles. The molecule has 2 atom stereocenters. The Labute approximate surface area is 242 Å². The SMILES string of the molecule is CC(C)CN1C(=O)[C@@H]2CN(C(=O)CCOC[C@H](C)Nc3cn[nH]c(=O)c3C(F)(F)F)CCN2c2ncc(C(F)(F)F)cc21. The fourth-order valence-electron chi connectivity index (χ4n) is 5.02. The van der Waals surface area contributed by atoms with Crippen molar-refractivity contribution in [1.82, 2.24) is 20.1 Å². The largest absolute Gasteiger partial charge is 0.423 e. The molecule has 0 radical (unpaired) electrons. The molecule has 43 heavy (non-hydrogen) atoms. The summed E-state index contributed by atoms with van der Waals surface area (Å²) in [7, 11) is 0. The maximum Gasteiger partial charge on any atom is 0.423 e. The Morgan fingerprint density at radius 2 is 1.84 bits per heavy atom. The lowest BCUT2D eigenvalue weighted by molar-refractivity contribution is -0.138. The molecular weight excluding hydrogens is 588 g/mol. The number of nitrogens with one attached hydrogen (secondary N) is 2. The fourth-order valence-corrected chi connectivity index (χ4v) is 5.02. The number of aromatic nitrogens is 3. The highest BCUT2D eigenvalue weighted by atomic mass is 19.4. The van der Waals surface area contributed by atoms with Gasteiger partial charge in [0, 0.05) is 31.9 Å². The van der Waals surface area contributed by atoms with Crippen molar-refractivity contribution in [2.24, 2.45) is 5.92 Å². The molecule has 0 spiro atoms. The number of hydrogen-bond acceptors (Lipinski definition) is 8. The predicted molar refractivity (Wildman–Crippen MR) is 143 cm³/mol. The average molecular weight is 620 g/mol. The van der Waals surface area contributed by atoms with Crippen molar-refractivity contribution < 1.29 is 40.7 Å². The number of pyridine rings is 1. The van der Waals surface area contributed by atoms with Crippen LogP contribution in [0.4, 0.5) is 43.5 Å². The van der Waals surface area contributed by atoms with Gasteiger partial charge < -0.3 is 24.8 Å². The van der Waals surface area contributed by atoms with Crippen LogP contribution in [0, 0.1) is 5.92 Å². The van der Waals surface area contributed by atoms with E-state index in [1.165, 1.54) is 16.7 Å². The number of rotatable bonds is 9. The summed E-state index contributed by atoms with van der Waals surface area (Å²) in [5.41, 5.74) is -4.18. The smallest absolute Gasteiger partial charge is 0.379 e. The Balaban J connectivity index is 1.35. The molecule has 0 aliphatic carbocycles. The third-order valence-corrected chi connectivity index (χ3v) is 6.94. The van der Waals surface area contributed by atoms with Crippen LogP contribution < -0.4 is 20.7 Å². The van der Waals surface area contributed by atoms with Crippen LogP contribution in [-0.2, 0) is 26.7 Å². The number of hydrogen-bond donors (Lipinski definition) is 2. The molecule has 1 saturated heterocycles. The van der Waals surface area contributed by atoms with E-state index >= 15 is 0 Å². The van der Waals surface area contributed by atoms with Gasteiger partial charge in [-0.3, -0.25) is 14.4 Å². The van der Waals surface area contributed by atoms with Gasteiger partial charge in [-0.25, -0.2) is 10.1 Å². The Morgan fingerprint density at radius 3 is 2.49 bits per heavy atom. The molecule has 0 bridgehead atoms. The summed E-state index contributed by atoms with van der Waals surface area (Å²) >= 11 is 0. The van der Waals surface area contributed by atoms with E-state index in [2.05, 4.69) is 15.4 Å². The summed E-state index contributed by atoms with van der Waals surface area (Å²) in [6.07, 6.45) is -8.02. The molecule has 1 fully saturated rings. The van der Waals surface area contributed by atoms with Crippen LogP contribution in [0.25, 0.3) is 0 Å². The number of amides is 2. The molecule has 4 rings (SSSR count). The van der Waals surface area contributed by atoms with Crippen molar-refractivity contribution in [2.75, 3.05) is 54.5 Å². The lowest BCUT2D eigenvalue weighted by Gasteiger charge is -2.47. The normalized spacial score (nSPS) is 18.0. The first kappa shape index (κ1) is 32.0. The minimum atomic E-state index is -4.90. The van der Waals surface area contributed by atoms with E-state index in [1.807, 2.05) is 13.8 Å². The van der Waals surface area contributed by atoms with Crippen LogP contribution in [0.5, 0.6) is 0 Å². The van der Waals surface area contributed by atoms with Crippen LogP contribution in [0.3, 0.4) is 0 Å². The fraction of sp³-hybridized carbons (Fsp3) is 0.577. The first-order valence-corrected chi connectivity index (χ1v) is 13.5. The molecule has 2 aliphatic rings. The molecule has 4 heterocycles. The highest BCUT2D eigenvalue weighted by Gasteiger charge is 2.44. The molecule has 2 aromatic rings. The van der Waals surface area contributed by atoms with E-state index in [0.29, 0.717) is 0 Å². The Morgan fingerprint density at radius 1 is 1.12 bits per heavy atom. The first-order valence-electron chi connectivity index (χ1n) is 13.5. The second kappa shape index (κ2) is 12.4. The van der Waals surface area contributed by atoms with Gasteiger partial charge in [0.25, 0.3) is 11.5 Å². The minimum absolute atomic E-state index is 0.00212. The molecule has 11 nitrogen and oxygen atoms in total. The molecule has 0 saturated carbocycles. The van der Waals surface area contributed by atoms with Crippen LogP contribution >= 0.6 is 0 Å². The monoisotopic (exact) mass is 619 g/mol. The van der Waals surface area contributed by atoms with Crippen molar-refractivity contribution >= 4 is 29.0 Å². The lowest BCUT2D eigenvalue weighted by atomic mass is 10.0. The number of fused-ring (bicyclic) bond motifs is 3. The van der Waals surface area contributed by atoms with E-state index in [-0.39, 0.29) is 69.1 Å². The number of ether oxygens (including phenoxy) is 1. The second-order valence-electron chi connectivity index (χ2n) is 10.8. The van der Waals surface area contributed by atoms with Gasteiger partial charge in [0.15, 0.2) is 5.82 Å². The lowest BCUT2D eigenvalue weighted by Crippen LogP contribution is -2.64. The number of carbonyl (C=O) groups is 2. The number of halogens is 6. The second-order valence-corrected chi connectivity index (χ2v) is 10.8. The number of nitrogens with zero attached hydrogens (tertiary/aromatic N) is 5. The molecule has 2 amide bonds. The van der Waals surface area contributed by atoms with Gasteiger partial charge in [-0.15, -0.1) is 0 Å². The van der Waals surface area contributed by atoms with Gasteiger partial charge in [0.1, 0.15) is 11.6 Å². The molecule has 2 N–H and O–H groups in total.